The summed E-state index contributed by atoms with van der Waals surface area (Å²) in [4.78, 5) is 11.9. The maximum absolute atomic E-state index is 11.9. The lowest BCUT2D eigenvalue weighted by Crippen LogP contribution is -2.22. The average molecular weight is 318 g/mol. The number of esters is 1. The summed E-state index contributed by atoms with van der Waals surface area (Å²) in [5, 5.41) is 20.9. The van der Waals surface area contributed by atoms with Gasteiger partial charge in [0.25, 0.3) is 0 Å². The van der Waals surface area contributed by atoms with Gasteiger partial charge in [-0.3, -0.25) is 0 Å². The number of hydrogen-bond acceptors (Lipinski definition) is 4. The number of aromatic hydroxyl groups is 2. The van der Waals surface area contributed by atoms with Crippen LogP contribution in [0.25, 0.3) is 0 Å². The molecule has 0 bridgehead atoms. The minimum absolute atomic E-state index is 0.0225. The number of carbonyl (C=O) groups excluding carboxylic acids is 1. The molecule has 0 saturated heterocycles. The highest BCUT2D eigenvalue weighted by Gasteiger charge is 2.31. The number of allylic oxidation sites excluding steroid dienone is 2. The fraction of sp³-hybridized carbons (Fsp3) is 0.526. The third kappa shape index (κ3) is 3.21. The van der Waals surface area contributed by atoms with Crippen LogP contribution in [0.1, 0.15) is 61.5 Å². The topological polar surface area (TPSA) is 66.8 Å². The molecule has 0 aliphatic heterocycles. The van der Waals surface area contributed by atoms with Crippen LogP contribution in [0.5, 0.6) is 11.5 Å². The Morgan fingerprint density at radius 3 is 2.52 bits per heavy atom. The Hall–Kier alpha value is -1.97. The van der Waals surface area contributed by atoms with Crippen molar-refractivity contribution in [2.45, 2.75) is 53.4 Å². The number of phenols is 2. The Morgan fingerprint density at radius 2 is 1.96 bits per heavy atom. The Balaban J connectivity index is 2.54. The van der Waals surface area contributed by atoms with Crippen LogP contribution in [0, 0.1) is 12.3 Å². The van der Waals surface area contributed by atoms with Crippen molar-refractivity contribution in [2.24, 2.45) is 5.41 Å². The van der Waals surface area contributed by atoms with E-state index >= 15 is 0 Å². The molecule has 0 aromatic heterocycles. The predicted molar refractivity (Wildman–Crippen MR) is 89.9 cm³/mol. The molecule has 1 aliphatic carbocycles. The zero-order valence-electron chi connectivity index (χ0n) is 14.6. The molecule has 2 rings (SSSR count). The van der Waals surface area contributed by atoms with Gasteiger partial charge in [-0.25, -0.2) is 4.79 Å². The van der Waals surface area contributed by atoms with E-state index in [0.29, 0.717) is 17.5 Å². The fourth-order valence-electron chi connectivity index (χ4n) is 3.60. The molecular weight excluding hydrogens is 292 g/mol. The van der Waals surface area contributed by atoms with Gasteiger partial charge in [0.1, 0.15) is 17.1 Å². The van der Waals surface area contributed by atoms with E-state index in [9.17, 15) is 15.0 Å². The molecule has 0 amide bonds. The Labute approximate surface area is 137 Å². The Kier molecular flexibility index (Phi) is 4.73. The van der Waals surface area contributed by atoms with Gasteiger partial charge >= 0.3 is 5.97 Å². The Morgan fingerprint density at radius 1 is 1.30 bits per heavy atom. The van der Waals surface area contributed by atoms with Gasteiger partial charge in [-0.15, -0.1) is 0 Å². The number of ether oxygens (including phenoxy) is 1. The van der Waals surface area contributed by atoms with Gasteiger partial charge in [0.2, 0.25) is 0 Å². The smallest absolute Gasteiger partial charge is 0.341 e. The van der Waals surface area contributed by atoms with Crippen molar-refractivity contribution in [3.05, 3.63) is 33.9 Å². The molecular formula is C19H26O4. The maximum atomic E-state index is 11.9. The molecule has 1 aromatic rings. The van der Waals surface area contributed by atoms with Crippen molar-refractivity contribution in [3.8, 4) is 11.5 Å². The van der Waals surface area contributed by atoms with Crippen molar-refractivity contribution in [1.29, 1.82) is 0 Å². The first-order valence-electron chi connectivity index (χ1n) is 8.01. The molecule has 0 atom stereocenters. The zero-order chi connectivity index (χ0) is 17.4. The van der Waals surface area contributed by atoms with Gasteiger partial charge in [0.15, 0.2) is 0 Å². The van der Waals surface area contributed by atoms with Gasteiger partial charge in [-0.2, -0.15) is 0 Å². The summed E-state index contributed by atoms with van der Waals surface area (Å²) in [6.45, 7) is 8.16. The van der Waals surface area contributed by atoms with Crippen LogP contribution < -0.4 is 0 Å². The second-order valence-electron chi connectivity index (χ2n) is 7.08. The lowest BCUT2D eigenvalue weighted by atomic mass is 9.70. The highest BCUT2D eigenvalue weighted by molar-refractivity contribution is 5.95. The third-order valence-electron chi connectivity index (χ3n) is 5.01. The molecule has 0 radical (unpaired) electrons. The summed E-state index contributed by atoms with van der Waals surface area (Å²) in [7, 11) is 1.28. The van der Waals surface area contributed by atoms with E-state index in [-0.39, 0.29) is 22.5 Å². The van der Waals surface area contributed by atoms with Crippen molar-refractivity contribution < 1.29 is 19.7 Å². The standard InChI is InChI=1S/C19H26O4/c1-11-7-6-8-19(3,4)14(11)10-13-15(20)9-12(2)16(17(13)21)18(22)23-5/h9,20-21H,6-8,10H2,1-5H3. The van der Waals surface area contributed by atoms with Crippen LogP contribution in [-0.2, 0) is 11.2 Å². The summed E-state index contributed by atoms with van der Waals surface area (Å²) >= 11 is 0. The van der Waals surface area contributed by atoms with E-state index in [1.54, 1.807) is 6.92 Å². The largest absolute Gasteiger partial charge is 0.508 e. The Bertz CT molecular complexity index is 668. The number of benzene rings is 1. The summed E-state index contributed by atoms with van der Waals surface area (Å²) in [5.41, 5.74) is 3.60. The average Bonchev–Trinajstić information content (AvgIpc) is 2.44. The molecule has 0 heterocycles. The normalized spacial score (nSPS) is 17.3. The van der Waals surface area contributed by atoms with Gasteiger partial charge in [-0.1, -0.05) is 25.0 Å². The lowest BCUT2D eigenvalue weighted by Gasteiger charge is -2.35. The minimum Gasteiger partial charge on any atom is -0.508 e. The highest BCUT2D eigenvalue weighted by atomic mass is 16.5. The van der Waals surface area contributed by atoms with Crippen LogP contribution in [0.4, 0.5) is 0 Å². The second-order valence-corrected chi connectivity index (χ2v) is 7.08. The van der Waals surface area contributed by atoms with Crippen molar-refractivity contribution in [2.75, 3.05) is 7.11 Å². The first-order valence-corrected chi connectivity index (χ1v) is 8.01. The van der Waals surface area contributed by atoms with Gasteiger partial charge in [-0.05, 0) is 50.2 Å². The molecule has 4 nitrogen and oxygen atoms in total. The number of rotatable bonds is 3. The summed E-state index contributed by atoms with van der Waals surface area (Å²) < 4.78 is 4.75. The molecule has 0 spiro atoms. The first kappa shape index (κ1) is 17.4. The number of aryl methyl sites for hydroxylation is 1. The monoisotopic (exact) mass is 318 g/mol. The van der Waals surface area contributed by atoms with Crippen molar-refractivity contribution >= 4 is 5.97 Å². The number of hydrogen-bond donors (Lipinski definition) is 2. The van der Waals surface area contributed by atoms with E-state index in [1.165, 1.54) is 24.3 Å². The van der Waals surface area contributed by atoms with Gasteiger partial charge < -0.3 is 14.9 Å². The second kappa shape index (κ2) is 6.26. The van der Waals surface area contributed by atoms with Gasteiger partial charge in [0.05, 0.1) is 7.11 Å². The SMILES string of the molecule is COC(=O)c1c(C)cc(O)c(CC2=C(C)CCCC2(C)C)c1O. The van der Waals surface area contributed by atoms with E-state index in [0.717, 1.165) is 19.3 Å². The highest BCUT2D eigenvalue weighted by Crippen LogP contribution is 2.45. The van der Waals surface area contributed by atoms with E-state index in [2.05, 4.69) is 20.8 Å². The molecule has 0 saturated carbocycles. The van der Waals surface area contributed by atoms with Crippen LogP contribution in [0.15, 0.2) is 17.2 Å². The fourth-order valence-corrected chi connectivity index (χ4v) is 3.60. The van der Waals surface area contributed by atoms with Crippen LogP contribution in [0.2, 0.25) is 0 Å². The van der Waals surface area contributed by atoms with E-state index < -0.39 is 5.97 Å². The molecule has 23 heavy (non-hydrogen) atoms. The quantitative estimate of drug-likeness (QED) is 0.645. The van der Waals surface area contributed by atoms with Crippen molar-refractivity contribution in [1.82, 2.24) is 0 Å². The van der Waals surface area contributed by atoms with Crippen molar-refractivity contribution in [3.63, 3.8) is 0 Å². The maximum Gasteiger partial charge on any atom is 0.341 e. The van der Waals surface area contributed by atoms with E-state index in [4.69, 9.17) is 4.74 Å². The number of methoxy groups -OCH3 is 1. The lowest BCUT2D eigenvalue weighted by molar-refractivity contribution is 0.0596. The molecule has 0 unspecified atom stereocenters. The molecule has 1 aliphatic rings. The summed E-state index contributed by atoms with van der Waals surface area (Å²) in [6.07, 6.45) is 3.72. The molecule has 1 aromatic carbocycles. The molecule has 2 N–H and O–H groups in total. The molecule has 126 valence electrons. The summed E-state index contributed by atoms with van der Waals surface area (Å²) in [5.74, 6) is -0.736. The third-order valence-corrected chi connectivity index (χ3v) is 5.01. The zero-order valence-corrected chi connectivity index (χ0v) is 14.6. The molecule has 4 heteroatoms. The summed E-state index contributed by atoms with van der Waals surface area (Å²) in [6, 6.07) is 1.52. The van der Waals surface area contributed by atoms with Gasteiger partial charge in [0, 0.05) is 12.0 Å². The van der Waals surface area contributed by atoms with Crippen LogP contribution >= 0.6 is 0 Å². The predicted octanol–water partition coefficient (Wildman–Crippen LogP) is 4.26. The van der Waals surface area contributed by atoms with Crippen LogP contribution in [-0.4, -0.2) is 23.3 Å². The molecule has 0 fully saturated rings. The first-order chi connectivity index (χ1) is 10.7. The number of carbonyl (C=O) groups is 1. The minimum atomic E-state index is -0.588. The number of phenolic OH excluding ortho intramolecular Hbond substituents is 2. The van der Waals surface area contributed by atoms with E-state index in [1.807, 2.05) is 0 Å². The van der Waals surface area contributed by atoms with Crippen LogP contribution in [0.3, 0.4) is 0 Å².